The molecule has 0 aromatic carbocycles. The summed E-state index contributed by atoms with van der Waals surface area (Å²) < 4.78 is 0. The SMILES string of the molecule is Cl.N#C[C@H]1CC[C@H](N)C1. The van der Waals surface area contributed by atoms with Crippen LogP contribution in [0.4, 0.5) is 0 Å². The molecule has 0 bridgehead atoms. The highest BCUT2D eigenvalue weighted by molar-refractivity contribution is 5.85. The molecule has 9 heavy (non-hydrogen) atoms. The number of halogens is 1. The van der Waals surface area contributed by atoms with Gasteiger partial charge in [-0.2, -0.15) is 5.26 Å². The van der Waals surface area contributed by atoms with E-state index in [9.17, 15) is 0 Å². The maximum Gasteiger partial charge on any atom is 0.0656 e. The van der Waals surface area contributed by atoms with E-state index in [0.717, 1.165) is 19.3 Å². The summed E-state index contributed by atoms with van der Waals surface area (Å²) >= 11 is 0. The highest BCUT2D eigenvalue weighted by Crippen LogP contribution is 2.22. The number of hydrogen-bond donors (Lipinski definition) is 1. The summed E-state index contributed by atoms with van der Waals surface area (Å²) in [5.41, 5.74) is 5.55. The summed E-state index contributed by atoms with van der Waals surface area (Å²) in [4.78, 5) is 0. The van der Waals surface area contributed by atoms with Gasteiger partial charge in [0.2, 0.25) is 0 Å². The quantitative estimate of drug-likeness (QED) is 0.556. The second-order valence-electron chi connectivity index (χ2n) is 2.40. The fraction of sp³-hybridized carbons (Fsp3) is 0.833. The van der Waals surface area contributed by atoms with Crippen molar-refractivity contribution in [2.45, 2.75) is 25.3 Å². The second-order valence-corrected chi connectivity index (χ2v) is 2.40. The minimum Gasteiger partial charge on any atom is -0.328 e. The maximum absolute atomic E-state index is 8.38. The summed E-state index contributed by atoms with van der Waals surface area (Å²) in [6.45, 7) is 0. The summed E-state index contributed by atoms with van der Waals surface area (Å²) in [6, 6.07) is 2.52. The Hall–Kier alpha value is -0.260. The first-order chi connectivity index (χ1) is 3.83. The van der Waals surface area contributed by atoms with E-state index in [2.05, 4.69) is 6.07 Å². The molecule has 0 aliphatic heterocycles. The lowest BCUT2D eigenvalue weighted by Crippen LogP contribution is -2.14. The van der Waals surface area contributed by atoms with Crippen LogP contribution >= 0.6 is 12.4 Å². The van der Waals surface area contributed by atoms with Crippen LogP contribution in [0.5, 0.6) is 0 Å². The van der Waals surface area contributed by atoms with Gasteiger partial charge in [-0.1, -0.05) is 0 Å². The largest absolute Gasteiger partial charge is 0.328 e. The lowest BCUT2D eigenvalue weighted by atomic mass is 10.1. The van der Waals surface area contributed by atoms with Crippen molar-refractivity contribution in [2.75, 3.05) is 0 Å². The normalized spacial score (nSPS) is 32.9. The molecule has 2 N–H and O–H groups in total. The van der Waals surface area contributed by atoms with E-state index < -0.39 is 0 Å². The zero-order valence-electron chi connectivity index (χ0n) is 5.21. The fourth-order valence-corrected chi connectivity index (χ4v) is 1.13. The van der Waals surface area contributed by atoms with Gasteiger partial charge in [-0.25, -0.2) is 0 Å². The molecule has 0 aromatic heterocycles. The lowest BCUT2D eigenvalue weighted by molar-refractivity contribution is 0.662. The molecular formula is C6H11ClN2. The van der Waals surface area contributed by atoms with Gasteiger partial charge < -0.3 is 5.73 Å². The predicted octanol–water partition coefficient (Wildman–Crippen LogP) is 1.06. The van der Waals surface area contributed by atoms with Gasteiger partial charge >= 0.3 is 0 Å². The van der Waals surface area contributed by atoms with Crippen LogP contribution in [-0.4, -0.2) is 6.04 Å². The van der Waals surface area contributed by atoms with Gasteiger partial charge in [0.25, 0.3) is 0 Å². The van der Waals surface area contributed by atoms with E-state index in [4.69, 9.17) is 11.0 Å². The second kappa shape index (κ2) is 3.71. The number of hydrogen-bond acceptors (Lipinski definition) is 2. The third-order valence-corrected chi connectivity index (χ3v) is 1.66. The summed E-state index contributed by atoms with van der Waals surface area (Å²) in [6.07, 6.45) is 2.96. The maximum atomic E-state index is 8.38. The van der Waals surface area contributed by atoms with Gasteiger partial charge in [0.15, 0.2) is 0 Å². The number of nitrogens with two attached hydrogens (primary N) is 1. The molecule has 1 aliphatic carbocycles. The van der Waals surface area contributed by atoms with Crippen LogP contribution in [0.1, 0.15) is 19.3 Å². The van der Waals surface area contributed by atoms with Crippen LogP contribution in [0, 0.1) is 17.2 Å². The smallest absolute Gasteiger partial charge is 0.0656 e. The molecule has 2 nitrogen and oxygen atoms in total. The van der Waals surface area contributed by atoms with Crippen molar-refractivity contribution in [2.24, 2.45) is 11.7 Å². The Morgan fingerprint density at radius 3 is 2.33 bits per heavy atom. The van der Waals surface area contributed by atoms with Crippen molar-refractivity contribution in [3.05, 3.63) is 0 Å². The van der Waals surface area contributed by atoms with E-state index in [1.807, 2.05) is 0 Å². The van der Waals surface area contributed by atoms with Crippen molar-refractivity contribution in [1.29, 1.82) is 5.26 Å². The van der Waals surface area contributed by atoms with Crippen LogP contribution in [-0.2, 0) is 0 Å². The van der Waals surface area contributed by atoms with Crippen molar-refractivity contribution >= 4 is 12.4 Å². The fourth-order valence-electron chi connectivity index (χ4n) is 1.13. The molecule has 3 heteroatoms. The van der Waals surface area contributed by atoms with E-state index in [1.165, 1.54) is 0 Å². The molecule has 0 spiro atoms. The Labute approximate surface area is 61.4 Å². The third kappa shape index (κ3) is 2.21. The Morgan fingerprint density at radius 1 is 1.44 bits per heavy atom. The number of rotatable bonds is 0. The van der Waals surface area contributed by atoms with E-state index in [0.29, 0.717) is 6.04 Å². The van der Waals surface area contributed by atoms with Crippen molar-refractivity contribution in [1.82, 2.24) is 0 Å². The van der Waals surface area contributed by atoms with Crippen molar-refractivity contribution in [3.63, 3.8) is 0 Å². The van der Waals surface area contributed by atoms with Gasteiger partial charge in [-0.3, -0.25) is 0 Å². The number of nitrogens with zero attached hydrogens (tertiary/aromatic N) is 1. The van der Waals surface area contributed by atoms with Crippen LogP contribution in [0.2, 0.25) is 0 Å². The summed E-state index contributed by atoms with van der Waals surface area (Å²) in [5, 5.41) is 8.38. The zero-order chi connectivity index (χ0) is 5.98. The molecule has 1 saturated carbocycles. The van der Waals surface area contributed by atoms with Gasteiger partial charge in [-0.15, -0.1) is 12.4 Å². The average molecular weight is 147 g/mol. The molecular weight excluding hydrogens is 136 g/mol. The molecule has 1 fully saturated rings. The van der Waals surface area contributed by atoms with Crippen molar-refractivity contribution < 1.29 is 0 Å². The minimum atomic E-state index is 0. The van der Waals surface area contributed by atoms with Gasteiger partial charge in [-0.05, 0) is 19.3 Å². The van der Waals surface area contributed by atoms with Gasteiger partial charge in [0.05, 0.1) is 6.07 Å². The lowest BCUT2D eigenvalue weighted by Gasteiger charge is -1.95. The third-order valence-electron chi connectivity index (χ3n) is 1.66. The monoisotopic (exact) mass is 146 g/mol. The Balaban J connectivity index is 0.000000640. The first-order valence-corrected chi connectivity index (χ1v) is 2.98. The minimum absolute atomic E-state index is 0. The molecule has 0 saturated heterocycles. The summed E-state index contributed by atoms with van der Waals surface area (Å²) in [5.74, 6) is 0.255. The van der Waals surface area contributed by atoms with Crippen molar-refractivity contribution in [3.8, 4) is 6.07 Å². The van der Waals surface area contributed by atoms with Gasteiger partial charge in [0.1, 0.15) is 0 Å². The molecule has 1 aliphatic rings. The van der Waals surface area contributed by atoms with Crippen LogP contribution in [0.15, 0.2) is 0 Å². The summed E-state index contributed by atoms with van der Waals surface area (Å²) in [7, 11) is 0. The Bertz CT molecular complexity index is 119. The zero-order valence-corrected chi connectivity index (χ0v) is 6.03. The Kier molecular flexibility index (Phi) is 3.60. The first kappa shape index (κ1) is 8.74. The molecule has 0 amide bonds. The molecule has 0 aromatic rings. The topological polar surface area (TPSA) is 49.8 Å². The van der Waals surface area contributed by atoms with Gasteiger partial charge in [0, 0.05) is 12.0 Å². The molecule has 2 atom stereocenters. The van der Waals surface area contributed by atoms with E-state index in [-0.39, 0.29) is 18.3 Å². The molecule has 52 valence electrons. The van der Waals surface area contributed by atoms with Crippen LogP contribution < -0.4 is 5.73 Å². The van der Waals surface area contributed by atoms with E-state index >= 15 is 0 Å². The highest BCUT2D eigenvalue weighted by atomic mass is 35.5. The number of nitriles is 1. The molecule has 0 unspecified atom stereocenters. The molecule has 1 rings (SSSR count). The average Bonchev–Trinajstić information content (AvgIpc) is 2.14. The highest BCUT2D eigenvalue weighted by Gasteiger charge is 2.20. The molecule has 0 heterocycles. The van der Waals surface area contributed by atoms with Crippen LogP contribution in [0.3, 0.4) is 0 Å². The first-order valence-electron chi connectivity index (χ1n) is 2.98. The molecule has 0 radical (unpaired) electrons. The predicted molar refractivity (Wildman–Crippen MR) is 38.2 cm³/mol. The van der Waals surface area contributed by atoms with Crippen LogP contribution in [0.25, 0.3) is 0 Å². The van der Waals surface area contributed by atoms with E-state index in [1.54, 1.807) is 0 Å². The standard InChI is InChI=1S/C6H10N2.ClH/c7-4-5-1-2-6(8)3-5;/h5-6H,1-3,8H2;1H/t5-,6-;/m0./s1. The Morgan fingerprint density at radius 2 is 2.11 bits per heavy atom.